The molecule has 0 aliphatic carbocycles. The van der Waals surface area contributed by atoms with Gasteiger partial charge < -0.3 is 20.1 Å². The second-order valence-corrected chi connectivity index (χ2v) is 9.60. The van der Waals surface area contributed by atoms with Crippen LogP contribution in [0.5, 0.6) is 11.5 Å². The zero-order chi connectivity index (χ0) is 29.4. The van der Waals surface area contributed by atoms with Crippen molar-refractivity contribution in [3.63, 3.8) is 0 Å². The highest BCUT2D eigenvalue weighted by Gasteiger charge is 2.16. The highest BCUT2D eigenvalue weighted by Crippen LogP contribution is 2.27. The first-order chi connectivity index (χ1) is 19.8. The summed E-state index contributed by atoms with van der Waals surface area (Å²) >= 11 is 0. The number of carbonyl (C=O) groups is 2. The molecule has 0 aliphatic rings. The maximum atomic E-state index is 13.4. The van der Waals surface area contributed by atoms with Crippen LogP contribution in [0, 0.1) is 6.92 Å². The lowest BCUT2D eigenvalue weighted by Gasteiger charge is -2.15. The molecule has 4 aromatic rings. The van der Waals surface area contributed by atoms with Crippen molar-refractivity contribution in [3.8, 4) is 11.5 Å². The van der Waals surface area contributed by atoms with Crippen LogP contribution < -0.4 is 31.4 Å². The Hall–Kier alpha value is -4.86. The predicted molar refractivity (Wildman–Crippen MR) is 158 cm³/mol. The summed E-state index contributed by atoms with van der Waals surface area (Å²) in [6, 6.07) is 19.6. The fourth-order valence-corrected chi connectivity index (χ4v) is 4.64. The average Bonchev–Trinajstić information content (AvgIpc) is 2.98. The second-order valence-electron chi connectivity index (χ2n) is 9.60. The van der Waals surface area contributed by atoms with Gasteiger partial charge in [-0.15, -0.1) is 0 Å². The number of anilines is 1. The van der Waals surface area contributed by atoms with E-state index in [1.165, 1.54) is 4.57 Å². The number of nitrogens with zero attached hydrogens (tertiary/aromatic N) is 2. The van der Waals surface area contributed by atoms with Gasteiger partial charge in [0.1, 0.15) is 6.54 Å². The van der Waals surface area contributed by atoms with Gasteiger partial charge in [-0.25, -0.2) is 4.79 Å². The number of aromatic nitrogens is 2. The number of fused-ring (bicyclic) bond motifs is 1. The van der Waals surface area contributed by atoms with Gasteiger partial charge in [-0.2, -0.15) is 0 Å². The SMILES string of the molecule is COc1ccc(CCNC(=O)CCCn2c(=O)c3ccccc3n(CC(=O)Nc3ccccc3C)c2=O)cc1OC. The van der Waals surface area contributed by atoms with E-state index in [0.717, 1.165) is 15.7 Å². The van der Waals surface area contributed by atoms with Crippen molar-refractivity contribution in [3.05, 3.63) is 98.7 Å². The molecule has 0 aliphatic heterocycles. The molecule has 3 aromatic carbocycles. The summed E-state index contributed by atoms with van der Waals surface area (Å²) in [4.78, 5) is 51.9. The van der Waals surface area contributed by atoms with Crippen LogP contribution in [0.2, 0.25) is 0 Å². The number of nitrogens with one attached hydrogen (secondary N) is 2. The van der Waals surface area contributed by atoms with E-state index in [2.05, 4.69) is 10.6 Å². The van der Waals surface area contributed by atoms with Crippen LogP contribution in [0.1, 0.15) is 24.0 Å². The molecule has 10 nitrogen and oxygen atoms in total. The lowest BCUT2D eigenvalue weighted by Crippen LogP contribution is -2.42. The van der Waals surface area contributed by atoms with Crippen LogP contribution in [0.25, 0.3) is 10.9 Å². The third-order valence-electron chi connectivity index (χ3n) is 6.82. The summed E-state index contributed by atoms with van der Waals surface area (Å²) in [6.07, 6.45) is 1.02. The number of benzene rings is 3. The monoisotopic (exact) mass is 558 g/mol. The van der Waals surface area contributed by atoms with Crippen molar-refractivity contribution in [2.24, 2.45) is 0 Å². The van der Waals surface area contributed by atoms with Gasteiger partial charge in [0.2, 0.25) is 11.8 Å². The molecular weight excluding hydrogens is 524 g/mol. The standard InChI is InChI=1S/C31H34N4O6/c1-21-9-4-6-11-24(21)33-29(37)20-35-25-12-7-5-10-23(25)30(38)34(31(35)39)18-8-13-28(36)32-17-16-22-14-15-26(40-2)27(19-22)41-3/h4-7,9-12,14-15,19H,8,13,16-18,20H2,1-3H3,(H,32,36)(H,33,37). The first-order valence-corrected chi connectivity index (χ1v) is 13.4. The molecular formula is C31H34N4O6. The topological polar surface area (TPSA) is 121 Å². The van der Waals surface area contributed by atoms with Crippen molar-refractivity contribution in [2.75, 3.05) is 26.1 Å². The van der Waals surface area contributed by atoms with Crippen LogP contribution in [-0.2, 0) is 29.1 Å². The van der Waals surface area contributed by atoms with Gasteiger partial charge in [0.05, 0.1) is 25.1 Å². The second kappa shape index (κ2) is 13.5. The van der Waals surface area contributed by atoms with Crippen molar-refractivity contribution in [2.45, 2.75) is 39.3 Å². The zero-order valence-corrected chi connectivity index (χ0v) is 23.4. The number of aryl methyl sites for hydroxylation is 1. The number of hydrogen-bond donors (Lipinski definition) is 2. The van der Waals surface area contributed by atoms with E-state index in [1.54, 1.807) is 44.6 Å². The fourth-order valence-electron chi connectivity index (χ4n) is 4.64. The van der Waals surface area contributed by atoms with Crippen LogP contribution in [0.4, 0.5) is 5.69 Å². The van der Waals surface area contributed by atoms with E-state index in [9.17, 15) is 19.2 Å². The molecule has 4 rings (SSSR count). The average molecular weight is 559 g/mol. The molecule has 0 saturated carbocycles. The first-order valence-electron chi connectivity index (χ1n) is 13.4. The Morgan fingerprint density at radius 2 is 1.59 bits per heavy atom. The summed E-state index contributed by atoms with van der Waals surface area (Å²) in [5, 5.41) is 6.04. The van der Waals surface area contributed by atoms with Crippen molar-refractivity contribution in [1.29, 1.82) is 0 Å². The highest BCUT2D eigenvalue weighted by molar-refractivity contribution is 5.92. The van der Waals surface area contributed by atoms with E-state index in [4.69, 9.17) is 9.47 Å². The van der Waals surface area contributed by atoms with Crippen molar-refractivity contribution in [1.82, 2.24) is 14.5 Å². The zero-order valence-electron chi connectivity index (χ0n) is 23.4. The molecule has 10 heteroatoms. The molecule has 0 radical (unpaired) electrons. The largest absolute Gasteiger partial charge is 0.493 e. The van der Waals surface area contributed by atoms with Crippen LogP contribution in [0.15, 0.2) is 76.3 Å². The van der Waals surface area contributed by atoms with Gasteiger partial charge in [-0.1, -0.05) is 36.4 Å². The number of ether oxygens (including phenoxy) is 2. The highest BCUT2D eigenvalue weighted by atomic mass is 16.5. The summed E-state index contributed by atoms with van der Waals surface area (Å²) in [5.74, 6) is 0.688. The molecule has 0 bridgehead atoms. The Balaban J connectivity index is 1.40. The number of methoxy groups -OCH3 is 2. The van der Waals surface area contributed by atoms with E-state index in [0.29, 0.717) is 41.1 Å². The molecule has 1 aromatic heterocycles. The Morgan fingerprint density at radius 3 is 2.34 bits per heavy atom. The van der Waals surface area contributed by atoms with Gasteiger partial charge in [0, 0.05) is 25.2 Å². The lowest BCUT2D eigenvalue weighted by molar-refractivity contribution is -0.121. The number of para-hydroxylation sites is 2. The Kier molecular flexibility index (Phi) is 9.57. The van der Waals surface area contributed by atoms with Crippen LogP contribution >= 0.6 is 0 Å². The van der Waals surface area contributed by atoms with E-state index < -0.39 is 11.2 Å². The first kappa shape index (κ1) is 29.1. The Bertz CT molecular complexity index is 1670. The molecule has 1 heterocycles. The predicted octanol–water partition coefficient (Wildman–Crippen LogP) is 3.27. The van der Waals surface area contributed by atoms with E-state index in [1.807, 2.05) is 43.3 Å². The van der Waals surface area contributed by atoms with Crippen molar-refractivity contribution >= 4 is 28.4 Å². The molecule has 0 fully saturated rings. The summed E-state index contributed by atoms with van der Waals surface area (Å²) < 4.78 is 13.0. The normalized spacial score (nSPS) is 10.8. The minimum Gasteiger partial charge on any atom is -0.493 e. The third kappa shape index (κ3) is 7.02. The maximum Gasteiger partial charge on any atom is 0.331 e. The lowest BCUT2D eigenvalue weighted by atomic mass is 10.1. The summed E-state index contributed by atoms with van der Waals surface area (Å²) in [7, 11) is 3.14. The molecule has 0 atom stereocenters. The molecule has 41 heavy (non-hydrogen) atoms. The molecule has 2 amide bonds. The van der Waals surface area contributed by atoms with Gasteiger partial charge in [0.25, 0.3) is 5.56 Å². The van der Waals surface area contributed by atoms with Crippen LogP contribution in [0.3, 0.4) is 0 Å². The fraction of sp³-hybridized carbons (Fsp3) is 0.290. The maximum absolute atomic E-state index is 13.4. The smallest absolute Gasteiger partial charge is 0.331 e. The molecule has 0 saturated heterocycles. The minimum absolute atomic E-state index is 0.0466. The molecule has 0 unspecified atom stereocenters. The van der Waals surface area contributed by atoms with Crippen molar-refractivity contribution < 1.29 is 19.1 Å². The van der Waals surface area contributed by atoms with E-state index >= 15 is 0 Å². The summed E-state index contributed by atoms with van der Waals surface area (Å²) in [6.45, 7) is 2.09. The van der Waals surface area contributed by atoms with Crippen LogP contribution in [-0.4, -0.2) is 41.7 Å². The van der Waals surface area contributed by atoms with E-state index in [-0.39, 0.29) is 37.7 Å². The van der Waals surface area contributed by atoms with Gasteiger partial charge in [-0.3, -0.25) is 23.5 Å². The van der Waals surface area contributed by atoms with Gasteiger partial charge in [0.15, 0.2) is 11.5 Å². The molecule has 214 valence electrons. The molecule has 0 spiro atoms. The Labute approximate surface area is 237 Å². The minimum atomic E-state index is -0.595. The number of amides is 2. The quantitative estimate of drug-likeness (QED) is 0.275. The summed E-state index contributed by atoms with van der Waals surface area (Å²) in [5.41, 5.74) is 1.87. The van der Waals surface area contributed by atoms with Gasteiger partial charge in [-0.05, 0) is 61.2 Å². The van der Waals surface area contributed by atoms with Gasteiger partial charge >= 0.3 is 5.69 Å². The number of carbonyl (C=O) groups excluding carboxylic acids is 2. The molecule has 2 N–H and O–H groups in total. The third-order valence-corrected chi connectivity index (χ3v) is 6.82. The Morgan fingerprint density at radius 1 is 0.854 bits per heavy atom. The number of rotatable bonds is 12. The number of hydrogen-bond acceptors (Lipinski definition) is 6.